The molecule has 1 atom stereocenters. The van der Waals surface area contributed by atoms with Gasteiger partial charge < -0.3 is 9.15 Å². The first-order valence-electron chi connectivity index (χ1n) is 10.1. The number of nitrogens with zero attached hydrogens (tertiary/aromatic N) is 1. The van der Waals surface area contributed by atoms with Crippen molar-refractivity contribution in [2.75, 3.05) is 25.3 Å². The number of hydrogen-bond acceptors (Lipinski definition) is 5. The minimum absolute atomic E-state index is 0.0550. The van der Waals surface area contributed by atoms with Gasteiger partial charge in [-0.3, -0.25) is 9.00 Å². The van der Waals surface area contributed by atoms with Crippen LogP contribution in [-0.2, 0) is 15.1 Å². The average Bonchev–Trinajstić information content (AvgIpc) is 3.17. The first kappa shape index (κ1) is 25.8. The van der Waals surface area contributed by atoms with Crippen LogP contribution in [0.1, 0.15) is 42.1 Å². The van der Waals surface area contributed by atoms with E-state index in [1.165, 1.54) is 6.26 Å². The van der Waals surface area contributed by atoms with Crippen LogP contribution in [0.15, 0.2) is 34.7 Å². The number of aromatic nitrogens is 1. The summed E-state index contributed by atoms with van der Waals surface area (Å²) in [5.74, 6) is 3.93. The number of carbonyl (C=O) groups excluding carboxylic acids is 1. The molecule has 3 rings (SSSR count). The van der Waals surface area contributed by atoms with Crippen molar-refractivity contribution in [2.45, 2.75) is 25.7 Å². The molecule has 0 aliphatic rings. The lowest BCUT2D eigenvalue weighted by Crippen LogP contribution is -2.28. The quantitative estimate of drug-likeness (QED) is 0.162. The number of benzene rings is 2. The van der Waals surface area contributed by atoms with E-state index in [1.54, 1.807) is 6.07 Å². The molecule has 6 nitrogen and oxygen atoms in total. The van der Waals surface area contributed by atoms with Crippen molar-refractivity contribution >= 4 is 67.3 Å². The lowest BCUT2D eigenvalue weighted by Gasteiger charge is -2.27. The third-order valence-corrected chi connectivity index (χ3v) is 6.71. The number of Topliss-reactive ketones (excluding diaryl/α,β-unsaturated/α-hetero) is 1. The SMILES string of the molecule is C=S(C)(=O)NCC(=O)c1nc2cc(C(C)(C)c3cc(Cl)c(OCCCCl)c(Cl)c3)ccc2o1. The number of hydrogen-bond donors (Lipinski definition) is 1. The Morgan fingerprint density at radius 3 is 2.48 bits per heavy atom. The summed E-state index contributed by atoms with van der Waals surface area (Å²) in [5, 5.41) is 0.835. The van der Waals surface area contributed by atoms with E-state index in [-0.39, 0.29) is 12.4 Å². The molecule has 1 aromatic heterocycles. The van der Waals surface area contributed by atoms with Crippen LogP contribution < -0.4 is 9.46 Å². The Kier molecular flexibility index (Phi) is 8.02. The molecule has 0 bridgehead atoms. The van der Waals surface area contributed by atoms with Gasteiger partial charge in [-0.15, -0.1) is 11.6 Å². The summed E-state index contributed by atoms with van der Waals surface area (Å²) in [5.41, 5.74) is 2.34. The van der Waals surface area contributed by atoms with Crippen LogP contribution >= 0.6 is 34.8 Å². The number of ketones is 1. The Balaban J connectivity index is 1.89. The van der Waals surface area contributed by atoms with Gasteiger partial charge >= 0.3 is 0 Å². The molecule has 0 saturated heterocycles. The van der Waals surface area contributed by atoms with Gasteiger partial charge in [-0.25, -0.2) is 9.71 Å². The molecular formula is C23H25Cl3N2O4S. The summed E-state index contributed by atoms with van der Waals surface area (Å²) in [7, 11) is -2.51. The zero-order valence-electron chi connectivity index (χ0n) is 18.5. The molecule has 2 aromatic carbocycles. The number of carbonyl (C=O) groups is 1. The summed E-state index contributed by atoms with van der Waals surface area (Å²) in [6.45, 7) is 4.31. The van der Waals surface area contributed by atoms with Gasteiger partial charge in [0.05, 0.1) is 23.2 Å². The molecule has 0 spiro atoms. The van der Waals surface area contributed by atoms with Crippen molar-refractivity contribution in [3.8, 4) is 5.75 Å². The minimum atomic E-state index is -2.51. The molecule has 0 fully saturated rings. The number of nitrogens with one attached hydrogen (secondary N) is 1. The Morgan fingerprint density at radius 1 is 1.21 bits per heavy atom. The second kappa shape index (κ2) is 10.2. The molecule has 0 aliphatic carbocycles. The van der Waals surface area contributed by atoms with Crippen LogP contribution in [0.25, 0.3) is 11.1 Å². The van der Waals surface area contributed by atoms with Gasteiger partial charge in [0.1, 0.15) is 5.52 Å². The normalized spacial score (nSPS) is 13.8. The molecule has 178 valence electrons. The van der Waals surface area contributed by atoms with Gasteiger partial charge in [0.15, 0.2) is 11.3 Å². The smallest absolute Gasteiger partial charge is 0.265 e. The molecule has 10 heteroatoms. The van der Waals surface area contributed by atoms with Crippen LogP contribution in [0.2, 0.25) is 10.0 Å². The Labute approximate surface area is 208 Å². The molecule has 1 heterocycles. The molecule has 1 N–H and O–H groups in total. The second-order valence-electron chi connectivity index (χ2n) is 8.24. The van der Waals surface area contributed by atoms with E-state index >= 15 is 0 Å². The second-order valence-corrected chi connectivity index (χ2v) is 11.7. The summed E-state index contributed by atoms with van der Waals surface area (Å²) in [6, 6.07) is 9.19. The molecule has 0 amide bonds. The highest BCUT2D eigenvalue weighted by molar-refractivity contribution is 7.97. The zero-order chi connectivity index (χ0) is 24.4. The molecular weight excluding hydrogens is 507 g/mol. The fraction of sp³-hybridized carbons (Fsp3) is 0.348. The summed E-state index contributed by atoms with van der Waals surface area (Å²) >= 11 is 18.6. The Bertz CT molecular complexity index is 1260. The van der Waals surface area contributed by atoms with Crippen LogP contribution in [0.3, 0.4) is 0 Å². The van der Waals surface area contributed by atoms with Crippen LogP contribution in [0, 0.1) is 0 Å². The number of fused-ring (bicyclic) bond motifs is 1. The molecule has 0 saturated carbocycles. The van der Waals surface area contributed by atoms with Gasteiger partial charge in [0, 0.05) is 27.3 Å². The third kappa shape index (κ3) is 6.22. The van der Waals surface area contributed by atoms with Gasteiger partial charge in [0.2, 0.25) is 5.78 Å². The number of alkyl halides is 1. The maximum atomic E-state index is 12.3. The van der Waals surface area contributed by atoms with Crippen molar-refractivity contribution in [3.63, 3.8) is 0 Å². The minimum Gasteiger partial charge on any atom is -0.490 e. The monoisotopic (exact) mass is 530 g/mol. The maximum Gasteiger partial charge on any atom is 0.265 e. The van der Waals surface area contributed by atoms with E-state index in [0.717, 1.165) is 11.1 Å². The van der Waals surface area contributed by atoms with Crippen molar-refractivity contribution in [2.24, 2.45) is 0 Å². The van der Waals surface area contributed by atoms with Crippen molar-refractivity contribution in [3.05, 3.63) is 57.4 Å². The van der Waals surface area contributed by atoms with E-state index in [9.17, 15) is 9.00 Å². The average molecular weight is 532 g/mol. The van der Waals surface area contributed by atoms with E-state index in [2.05, 4.69) is 15.6 Å². The van der Waals surface area contributed by atoms with Crippen molar-refractivity contribution in [1.29, 1.82) is 0 Å². The Morgan fingerprint density at radius 2 is 1.88 bits per heavy atom. The third-order valence-electron chi connectivity index (χ3n) is 5.13. The van der Waals surface area contributed by atoms with Gasteiger partial charge in [-0.05, 0) is 47.7 Å². The summed E-state index contributed by atoms with van der Waals surface area (Å²) in [6.07, 6.45) is 2.10. The Hall–Kier alpha value is -1.77. The number of rotatable bonds is 10. The molecule has 3 aromatic rings. The number of ether oxygens (including phenoxy) is 1. The lowest BCUT2D eigenvalue weighted by molar-refractivity contribution is 0.0966. The highest BCUT2D eigenvalue weighted by Crippen LogP contribution is 2.41. The summed E-state index contributed by atoms with van der Waals surface area (Å²) < 4.78 is 25.5. The molecule has 0 radical (unpaired) electrons. The number of oxazole rings is 1. The van der Waals surface area contributed by atoms with E-state index in [1.807, 2.05) is 38.1 Å². The van der Waals surface area contributed by atoms with Crippen LogP contribution in [-0.4, -0.2) is 46.1 Å². The number of halogens is 3. The van der Waals surface area contributed by atoms with Crippen molar-refractivity contribution in [1.82, 2.24) is 9.71 Å². The first-order valence-corrected chi connectivity index (χ1v) is 13.5. The summed E-state index contributed by atoms with van der Waals surface area (Å²) in [4.78, 5) is 16.7. The zero-order valence-corrected chi connectivity index (χ0v) is 21.6. The fourth-order valence-corrected chi connectivity index (χ4v) is 4.33. The maximum absolute atomic E-state index is 12.3. The van der Waals surface area contributed by atoms with E-state index in [0.29, 0.717) is 45.8 Å². The molecule has 33 heavy (non-hydrogen) atoms. The van der Waals surface area contributed by atoms with Gasteiger partial charge in [-0.1, -0.05) is 43.1 Å². The van der Waals surface area contributed by atoms with Crippen molar-refractivity contribution < 1.29 is 18.2 Å². The topological polar surface area (TPSA) is 81.4 Å². The predicted octanol–water partition coefficient (Wildman–Crippen LogP) is 5.50. The van der Waals surface area contributed by atoms with E-state index in [4.69, 9.17) is 44.0 Å². The predicted molar refractivity (Wildman–Crippen MR) is 137 cm³/mol. The van der Waals surface area contributed by atoms with Gasteiger partial charge in [-0.2, -0.15) is 0 Å². The van der Waals surface area contributed by atoms with Crippen LogP contribution in [0.4, 0.5) is 0 Å². The first-order chi connectivity index (χ1) is 15.4. The lowest BCUT2D eigenvalue weighted by atomic mass is 9.78. The highest BCUT2D eigenvalue weighted by Gasteiger charge is 2.27. The largest absolute Gasteiger partial charge is 0.490 e. The van der Waals surface area contributed by atoms with E-state index < -0.39 is 20.9 Å². The molecule has 1 unspecified atom stereocenters. The van der Waals surface area contributed by atoms with Gasteiger partial charge in [0.25, 0.3) is 5.89 Å². The van der Waals surface area contributed by atoms with Crippen LogP contribution in [0.5, 0.6) is 5.75 Å². The fourth-order valence-electron chi connectivity index (χ4n) is 3.18. The highest BCUT2D eigenvalue weighted by atomic mass is 35.5. The standard InChI is InChI=1S/C23H25Cl3N2O4S/c1-23(2,15-10-16(25)21(17(26)11-15)31-9-5-8-24)14-6-7-20-18(12-14)28-22(32-20)19(29)13-27-33(3,4)30/h6-7,10-12H,3,5,8-9,13H2,1-2,4H3,(H,27,30). The molecule has 0 aliphatic heterocycles.